The van der Waals surface area contributed by atoms with Crippen LogP contribution in [0.25, 0.3) is 0 Å². The maximum atomic E-state index is 12.2. The fourth-order valence-corrected chi connectivity index (χ4v) is 1.59. The Morgan fingerprint density at radius 3 is 2.50 bits per heavy atom. The minimum absolute atomic E-state index is 0.122. The molecular weight excluding hydrogens is 217 g/mol. The van der Waals surface area contributed by atoms with Crippen LogP contribution in [0.2, 0.25) is 0 Å². The van der Waals surface area contributed by atoms with Crippen molar-refractivity contribution in [1.29, 1.82) is 0 Å². The van der Waals surface area contributed by atoms with Gasteiger partial charge in [-0.2, -0.15) is 0 Å². The number of alkyl halides is 3. The van der Waals surface area contributed by atoms with Gasteiger partial charge >= 0.3 is 6.36 Å². The van der Waals surface area contributed by atoms with Gasteiger partial charge in [0.2, 0.25) is 0 Å². The molecule has 0 heterocycles. The minimum atomic E-state index is -4.65. The van der Waals surface area contributed by atoms with Crippen LogP contribution in [0.5, 0.6) is 5.75 Å². The lowest BCUT2D eigenvalue weighted by atomic mass is 10.1. The van der Waals surface area contributed by atoms with E-state index in [-0.39, 0.29) is 11.7 Å². The third-order valence-corrected chi connectivity index (χ3v) is 2.46. The molecule has 2 rings (SSSR count). The molecular formula is C12H10F3O. The number of rotatable bonds is 3. The molecule has 85 valence electrons. The molecule has 1 aromatic rings. The average molecular weight is 227 g/mol. The Bertz CT molecular complexity index is 405. The van der Waals surface area contributed by atoms with Gasteiger partial charge in [0, 0.05) is 0 Å². The highest BCUT2D eigenvalue weighted by Crippen LogP contribution is 2.45. The standard InChI is InChI=1S/C12H10F3O/c1-2-8-3-6-10(9-4-5-9)11(7-8)16-12(13,14)15/h3,6-7,9H,1,4-5H2. The molecule has 1 aliphatic rings. The maximum absolute atomic E-state index is 12.2. The van der Waals surface area contributed by atoms with Crippen molar-refractivity contribution in [2.45, 2.75) is 25.1 Å². The highest BCUT2D eigenvalue weighted by Gasteiger charge is 2.35. The van der Waals surface area contributed by atoms with Crippen molar-refractivity contribution in [3.05, 3.63) is 42.0 Å². The van der Waals surface area contributed by atoms with E-state index in [0.29, 0.717) is 11.1 Å². The number of hydrogen-bond donors (Lipinski definition) is 0. The summed E-state index contributed by atoms with van der Waals surface area (Å²) in [7, 11) is 0. The Kier molecular flexibility index (Phi) is 2.66. The lowest BCUT2D eigenvalue weighted by molar-refractivity contribution is -0.274. The monoisotopic (exact) mass is 227 g/mol. The van der Waals surface area contributed by atoms with Crippen LogP contribution in [0.3, 0.4) is 0 Å². The van der Waals surface area contributed by atoms with Crippen molar-refractivity contribution in [1.82, 2.24) is 0 Å². The van der Waals surface area contributed by atoms with Gasteiger partial charge in [-0.05, 0) is 42.0 Å². The number of halogens is 3. The summed E-state index contributed by atoms with van der Waals surface area (Å²) >= 11 is 0. The predicted octanol–water partition coefficient (Wildman–Crippen LogP) is 3.80. The second-order valence-electron chi connectivity index (χ2n) is 3.75. The van der Waals surface area contributed by atoms with Crippen LogP contribution in [0.15, 0.2) is 24.8 Å². The van der Waals surface area contributed by atoms with Crippen molar-refractivity contribution in [2.75, 3.05) is 0 Å². The van der Waals surface area contributed by atoms with Gasteiger partial charge in [0.05, 0.1) is 0 Å². The Morgan fingerprint density at radius 2 is 2.00 bits per heavy atom. The number of hydrogen-bond acceptors (Lipinski definition) is 1. The van der Waals surface area contributed by atoms with Crippen molar-refractivity contribution >= 4 is 0 Å². The van der Waals surface area contributed by atoms with E-state index < -0.39 is 6.36 Å². The second-order valence-corrected chi connectivity index (χ2v) is 3.75. The van der Waals surface area contributed by atoms with Gasteiger partial charge in [-0.25, -0.2) is 0 Å². The largest absolute Gasteiger partial charge is 0.573 e. The molecule has 0 unspecified atom stereocenters. The zero-order valence-corrected chi connectivity index (χ0v) is 8.47. The molecule has 0 spiro atoms. The average Bonchev–Trinajstić information content (AvgIpc) is 2.98. The molecule has 0 N–H and O–H groups in total. The fourth-order valence-electron chi connectivity index (χ4n) is 1.59. The van der Waals surface area contributed by atoms with E-state index in [4.69, 9.17) is 0 Å². The molecule has 1 aliphatic carbocycles. The van der Waals surface area contributed by atoms with Gasteiger partial charge in [-0.15, -0.1) is 13.2 Å². The van der Waals surface area contributed by atoms with Gasteiger partial charge in [0.1, 0.15) is 5.75 Å². The lowest BCUT2D eigenvalue weighted by Crippen LogP contribution is -2.18. The smallest absolute Gasteiger partial charge is 0.405 e. The third-order valence-electron chi connectivity index (χ3n) is 2.46. The first-order valence-electron chi connectivity index (χ1n) is 4.92. The molecule has 0 atom stereocenters. The molecule has 0 saturated heterocycles. The summed E-state index contributed by atoms with van der Waals surface area (Å²) in [4.78, 5) is 0. The zero-order valence-electron chi connectivity index (χ0n) is 8.47. The third kappa shape index (κ3) is 2.56. The van der Waals surface area contributed by atoms with Gasteiger partial charge in [0.25, 0.3) is 0 Å². The summed E-state index contributed by atoms with van der Waals surface area (Å²) in [6.07, 6.45) is -0.263. The van der Waals surface area contributed by atoms with E-state index in [1.54, 1.807) is 12.1 Å². The van der Waals surface area contributed by atoms with E-state index in [2.05, 4.69) is 17.4 Å². The summed E-state index contributed by atoms with van der Waals surface area (Å²) in [6.45, 7) is 3.40. The Morgan fingerprint density at radius 1 is 1.31 bits per heavy atom. The van der Waals surface area contributed by atoms with Crippen LogP contribution in [0.4, 0.5) is 13.2 Å². The van der Waals surface area contributed by atoms with Crippen molar-refractivity contribution in [3.63, 3.8) is 0 Å². The molecule has 0 aromatic heterocycles. The van der Waals surface area contributed by atoms with Gasteiger partial charge in [-0.3, -0.25) is 0 Å². The van der Waals surface area contributed by atoms with Gasteiger partial charge in [0.15, 0.2) is 0 Å². The summed E-state index contributed by atoms with van der Waals surface area (Å²) < 4.78 is 40.6. The molecule has 1 radical (unpaired) electrons. The van der Waals surface area contributed by atoms with Gasteiger partial charge in [-0.1, -0.05) is 18.7 Å². The normalized spacial score (nSPS) is 15.9. The topological polar surface area (TPSA) is 9.23 Å². The summed E-state index contributed by atoms with van der Waals surface area (Å²) in [5.74, 6) is 0.0832. The molecule has 1 aromatic carbocycles. The van der Waals surface area contributed by atoms with E-state index in [1.807, 2.05) is 0 Å². The van der Waals surface area contributed by atoms with E-state index in [9.17, 15) is 13.2 Å². The first-order chi connectivity index (χ1) is 7.49. The first-order valence-corrected chi connectivity index (χ1v) is 4.92. The molecule has 0 amide bonds. The Balaban J connectivity index is 2.33. The van der Waals surface area contributed by atoms with Crippen LogP contribution in [-0.4, -0.2) is 6.36 Å². The maximum Gasteiger partial charge on any atom is 0.573 e. The van der Waals surface area contributed by atoms with Crippen LogP contribution in [0.1, 0.15) is 29.9 Å². The molecule has 4 heteroatoms. The van der Waals surface area contributed by atoms with E-state index >= 15 is 0 Å². The highest BCUT2D eigenvalue weighted by atomic mass is 19.4. The van der Waals surface area contributed by atoms with Crippen molar-refractivity contribution in [2.24, 2.45) is 0 Å². The van der Waals surface area contributed by atoms with Crippen LogP contribution in [-0.2, 0) is 0 Å². The number of benzene rings is 1. The Hall–Kier alpha value is -1.45. The van der Waals surface area contributed by atoms with Crippen LogP contribution in [0, 0.1) is 6.08 Å². The molecule has 1 saturated carbocycles. The van der Waals surface area contributed by atoms with Crippen LogP contribution < -0.4 is 4.74 Å². The quantitative estimate of drug-likeness (QED) is 0.763. The highest BCUT2D eigenvalue weighted by molar-refractivity contribution is 5.43. The van der Waals surface area contributed by atoms with E-state index in [1.165, 1.54) is 6.07 Å². The SMILES string of the molecule is C=[C]c1ccc(C2CC2)c(OC(F)(F)F)c1. The second kappa shape index (κ2) is 3.85. The number of ether oxygens (including phenoxy) is 1. The van der Waals surface area contributed by atoms with Crippen molar-refractivity contribution in [3.8, 4) is 5.75 Å². The molecule has 1 nitrogen and oxygen atoms in total. The van der Waals surface area contributed by atoms with Crippen LogP contribution >= 0.6 is 0 Å². The molecule has 1 fully saturated rings. The molecule has 0 bridgehead atoms. The summed E-state index contributed by atoms with van der Waals surface area (Å²) in [6, 6.07) is 4.68. The van der Waals surface area contributed by atoms with E-state index in [0.717, 1.165) is 12.8 Å². The predicted molar refractivity (Wildman–Crippen MR) is 53.1 cm³/mol. The first kappa shape index (κ1) is 11.0. The lowest BCUT2D eigenvalue weighted by Gasteiger charge is -2.13. The fraction of sp³-hybridized carbons (Fsp3) is 0.333. The molecule has 0 aliphatic heterocycles. The Labute approximate surface area is 91.5 Å². The van der Waals surface area contributed by atoms with Crippen molar-refractivity contribution < 1.29 is 17.9 Å². The zero-order chi connectivity index (χ0) is 11.8. The summed E-state index contributed by atoms with van der Waals surface area (Å²) in [5.41, 5.74) is 1.12. The van der Waals surface area contributed by atoms with Gasteiger partial charge < -0.3 is 4.74 Å². The minimum Gasteiger partial charge on any atom is -0.405 e. The summed E-state index contributed by atoms with van der Waals surface area (Å²) in [5, 5.41) is 0. The molecule has 16 heavy (non-hydrogen) atoms.